The van der Waals surface area contributed by atoms with E-state index in [0.717, 1.165) is 11.3 Å². The van der Waals surface area contributed by atoms with Crippen molar-refractivity contribution in [3.8, 4) is 11.5 Å². The molecule has 12 nitrogen and oxygen atoms in total. The van der Waals surface area contributed by atoms with Gasteiger partial charge in [0.1, 0.15) is 5.01 Å². The number of benzene rings is 2. The number of hydrogen-bond donors (Lipinski definition) is 4. The molecule has 0 unspecified atom stereocenters. The largest absolute Gasteiger partial charge is 0.504 e. The summed E-state index contributed by atoms with van der Waals surface area (Å²) in [4.78, 5) is 34.2. The number of aromatic nitrogens is 2. The van der Waals surface area contributed by atoms with Crippen LogP contribution in [-0.2, 0) is 11.2 Å². The molecule has 0 saturated heterocycles. The number of phenols is 2. The number of hydrazone groups is 1. The van der Waals surface area contributed by atoms with Crippen LogP contribution in [0.15, 0.2) is 47.6 Å². The smallest absolute Gasteiger partial charge is 0.269 e. The zero-order chi connectivity index (χ0) is 22.4. The Labute approximate surface area is 178 Å². The van der Waals surface area contributed by atoms with Crippen molar-refractivity contribution in [1.29, 1.82) is 0 Å². The van der Waals surface area contributed by atoms with Gasteiger partial charge in [-0.05, 0) is 35.9 Å². The van der Waals surface area contributed by atoms with E-state index in [2.05, 4.69) is 26.0 Å². The molecule has 0 radical (unpaired) electrons. The normalized spacial score (nSPS) is 10.7. The lowest BCUT2D eigenvalue weighted by Crippen LogP contribution is -2.19. The number of non-ortho nitro benzene ring substituents is 1. The monoisotopic (exact) mass is 442 g/mol. The summed E-state index contributed by atoms with van der Waals surface area (Å²) in [5.74, 6) is -1.59. The molecule has 4 N–H and O–H groups in total. The molecule has 0 atom stereocenters. The predicted molar refractivity (Wildman–Crippen MR) is 110 cm³/mol. The number of amides is 2. The van der Waals surface area contributed by atoms with E-state index in [9.17, 15) is 29.9 Å². The van der Waals surface area contributed by atoms with Crippen molar-refractivity contribution in [3.63, 3.8) is 0 Å². The molecule has 0 spiro atoms. The van der Waals surface area contributed by atoms with Gasteiger partial charge in [0, 0.05) is 17.7 Å². The standard InChI is InChI=1S/C18H14N6O6S/c25-13-6-1-10(7-14(13)26)9-19-21-15(27)8-16-22-23-18(31-16)20-17(28)11-2-4-12(5-3-11)24(29)30/h1-7,9,25-26H,8H2,(H,21,27)(H,20,23,28)/b19-9-. The molecule has 2 aromatic carbocycles. The Hall–Kier alpha value is -4.39. The molecular weight excluding hydrogens is 428 g/mol. The molecule has 13 heteroatoms. The lowest BCUT2D eigenvalue weighted by molar-refractivity contribution is -0.384. The summed E-state index contributed by atoms with van der Waals surface area (Å²) in [6.07, 6.45) is 1.15. The molecule has 3 aromatic rings. The molecule has 3 rings (SSSR count). The second-order valence-corrected chi connectivity index (χ2v) is 7.04. The first-order valence-electron chi connectivity index (χ1n) is 8.54. The maximum absolute atomic E-state index is 12.2. The molecule has 1 aromatic heterocycles. The summed E-state index contributed by atoms with van der Waals surface area (Å²) < 4.78 is 0. The quantitative estimate of drug-likeness (QED) is 0.185. The van der Waals surface area contributed by atoms with Gasteiger partial charge in [0.25, 0.3) is 11.6 Å². The van der Waals surface area contributed by atoms with Gasteiger partial charge in [-0.25, -0.2) is 5.43 Å². The highest BCUT2D eigenvalue weighted by atomic mass is 32.1. The van der Waals surface area contributed by atoms with E-state index in [-0.39, 0.29) is 34.3 Å². The SMILES string of the molecule is O=C(Cc1nnc(NC(=O)c2ccc([N+](=O)[O-])cc2)s1)N/N=C\c1ccc(O)c(O)c1. The van der Waals surface area contributed by atoms with Crippen molar-refractivity contribution in [2.75, 3.05) is 5.32 Å². The number of carbonyl (C=O) groups is 2. The minimum Gasteiger partial charge on any atom is -0.504 e. The minimum atomic E-state index is -0.567. The van der Waals surface area contributed by atoms with Crippen LogP contribution in [0.3, 0.4) is 0 Å². The first-order valence-corrected chi connectivity index (χ1v) is 9.35. The number of rotatable bonds is 7. The first-order chi connectivity index (χ1) is 14.8. The maximum Gasteiger partial charge on any atom is 0.269 e. The number of phenolic OH excluding ortho intramolecular Hbond substituents is 2. The summed E-state index contributed by atoms with van der Waals surface area (Å²) in [6, 6.07) is 9.11. The lowest BCUT2D eigenvalue weighted by atomic mass is 10.2. The lowest BCUT2D eigenvalue weighted by Gasteiger charge is -2.00. The fourth-order valence-electron chi connectivity index (χ4n) is 2.26. The van der Waals surface area contributed by atoms with Gasteiger partial charge >= 0.3 is 0 Å². The summed E-state index contributed by atoms with van der Waals surface area (Å²) in [7, 11) is 0. The van der Waals surface area contributed by atoms with Crippen molar-refractivity contribution in [3.05, 3.63) is 68.7 Å². The molecular formula is C18H14N6O6S. The van der Waals surface area contributed by atoms with Crippen LogP contribution in [0.1, 0.15) is 20.9 Å². The fourth-order valence-corrected chi connectivity index (χ4v) is 2.99. The predicted octanol–water partition coefficient (Wildman–Crippen LogP) is 1.80. The number of nitro benzene ring substituents is 1. The van der Waals surface area contributed by atoms with E-state index < -0.39 is 16.7 Å². The Balaban J connectivity index is 1.52. The Morgan fingerprint density at radius 3 is 2.55 bits per heavy atom. The summed E-state index contributed by atoms with van der Waals surface area (Å²) in [6.45, 7) is 0. The highest BCUT2D eigenvalue weighted by Crippen LogP contribution is 2.24. The highest BCUT2D eigenvalue weighted by molar-refractivity contribution is 7.15. The molecule has 0 aliphatic rings. The number of carbonyl (C=O) groups excluding carboxylic acids is 2. The van der Waals surface area contributed by atoms with Crippen LogP contribution in [0, 0.1) is 10.1 Å². The molecule has 0 fully saturated rings. The van der Waals surface area contributed by atoms with Gasteiger partial charge in [-0.2, -0.15) is 5.10 Å². The van der Waals surface area contributed by atoms with Crippen molar-refractivity contribution < 1.29 is 24.7 Å². The van der Waals surface area contributed by atoms with Crippen LogP contribution in [0.25, 0.3) is 0 Å². The molecule has 31 heavy (non-hydrogen) atoms. The third-order valence-corrected chi connectivity index (χ3v) is 4.58. The third kappa shape index (κ3) is 5.80. The molecule has 1 heterocycles. The summed E-state index contributed by atoms with van der Waals surface area (Å²) in [5, 5.41) is 43.7. The van der Waals surface area contributed by atoms with Gasteiger partial charge in [-0.3, -0.25) is 25.0 Å². The van der Waals surface area contributed by atoms with Crippen molar-refractivity contribution in [1.82, 2.24) is 15.6 Å². The molecule has 0 bridgehead atoms. The summed E-state index contributed by atoms with van der Waals surface area (Å²) in [5.41, 5.74) is 2.82. The molecule has 0 saturated carbocycles. The van der Waals surface area contributed by atoms with Gasteiger partial charge in [0.15, 0.2) is 11.5 Å². The van der Waals surface area contributed by atoms with Crippen LogP contribution < -0.4 is 10.7 Å². The van der Waals surface area contributed by atoms with Crippen LogP contribution >= 0.6 is 11.3 Å². The maximum atomic E-state index is 12.2. The van der Waals surface area contributed by atoms with Crippen LogP contribution in [0.5, 0.6) is 11.5 Å². The third-order valence-electron chi connectivity index (χ3n) is 3.74. The van der Waals surface area contributed by atoms with Crippen molar-refractivity contribution in [2.24, 2.45) is 5.10 Å². The number of nitrogens with one attached hydrogen (secondary N) is 2. The Bertz CT molecular complexity index is 1160. The Morgan fingerprint density at radius 1 is 1.13 bits per heavy atom. The Morgan fingerprint density at radius 2 is 1.87 bits per heavy atom. The minimum absolute atomic E-state index is 0.134. The van der Waals surface area contributed by atoms with Crippen molar-refractivity contribution >= 4 is 40.2 Å². The highest BCUT2D eigenvalue weighted by Gasteiger charge is 2.14. The van der Waals surface area contributed by atoms with Crippen LogP contribution in [0.2, 0.25) is 0 Å². The van der Waals surface area contributed by atoms with Gasteiger partial charge in [-0.15, -0.1) is 10.2 Å². The van der Waals surface area contributed by atoms with E-state index in [1.54, 1.807) is 0 Å². The zero-order valence-electron chi connectivity index (χ0n) is 15.6. The number of anilines is 1. The molecule has 2 amide bonds. The number of nitro groups is 1. The van der Waals surface area contributed by atoms with E-state index >= 15 is 0 Å². The zero-order valence-corrected chi connectivity index (χ0v) is 16.4. The van der Waals surface area contributed by atoms with Gasteiger partial charge in [0.2, 0.25) is 11.0 Å². The molecule has 0 aliphatic heterocycles. The van der Waals surface area contributed by atoms with Gasteiger partial charge < -0.3 is 10.2 Å². The van der Waals surface area contributed by atoms with E-state index in [4.69, 9.17) is 0 Å². The fraction of sp³-hybridized carbons (Fsp3) is 0.0556. The van der Waals surface area contributed by atoms with E-state index in [1.165, 1.54) is 48.7 Å². The van der Waals surface area contributed by atoms with Crippen LogP contribution in [0.4, 0.5) is 10.8 Å². The van der Waals surface area contributed by atoms with E-state index in [0.29, 0.717) is 10.6 Å². The number of nitrogens with zero attached hydrogens (tertiary/aromatic N) is 4. The molecule has 0 aliphatic carbocycles. The van der Waals surface area contributed by atoms with Crippen LogP contribution in [-0.4, -0.2) is 43.4 Å². The van der Waals surface area contributed by atoms with Crippen molar-refractivity contribution in [2.45, 2.75) is 6.42 Å². The second-order valence-electron chi connectivity index (χ2n) is 5.98. The molecule has 158 valence electrons. The van der Waals surface area contributed by atoms with E-state index in [1.807, 2.05) is 0 Å². The Kier molecular flexibility index (Phi) is 6.47. The average molecular weight is 442 g/mol. The van der Waals surface area contributed by atoms with Gasteiger partial charge in [-0.1, -0.05) is 11.3 Å². The average Bonchev–Trinajstić information content (AvgIpc) is 3.17. The first kappa shape index (κ1) is 21.3. The van der Waals surface area contributed by atoms with Gasteiger partial charge in [0.05, 0.1) is 17.6 Å². The topological polar surface area (TPSA) is 180 Å². The second kappa shape index (κ2) is 9.41. The summed E-state index contributed by atoms with van der Waals surface area (Å²) >= 11 is 0.990. The number of hydrogen-bond acceptors (Lipinski definition) is 10. The number of aromatic hydroxyl groups is 2.